The summed E-state index contributed by atoms with van der Waals surface area (Å²) < 4.78 is 18.5. The van der Waals surface area contributed by atoms with Crippen LogP contribution >= 0.6 is 0 Å². The van der Waals surface area contributed by atoms with Gasteiger partial charge in [0.2, 0.25) is 0 Å². The Kier molecular flexibility index (Phi) is 5.15. The van der Waals surface area contributed by atoms with Crippen LogP contribution in [0.15, 0.2) is 48.5 Å². The maximum atomic E-state index is 12.9. The van der Waals surface area contributed by atoms with Gasteiger partial charge in [-0.05, 0) is 56.2 Å². The van der Waals surface area contributed by atoms with Gasteiger partial charge in [-0.2, -0.15) is 0 Å². The molecule has 2 atom stereocenters. The van der Waals surface area contributed by atoms with Gasteiger partial charge >= 0.3 is 0 Å². The lowest BCUT2D eigenvalue weighted by molar-refractivity contribution is -0.127. The van der Waals surface area contributed by atoms with Crippen LogP contribution in [0.2, 0.25) is 0 Å². The van der Waals surface area contributed by atoms with Gasteiger partial charge in [0.05, 0.1) is 6.04 Å². The zero-order valence-electron chi connectivity index (χ0n) is 13.0. The molecule has 0 bridgehead atoms. The number of hydrogen-bond donors (Lipinski definition) is 1. The first kappa shape index (κ1) is 16.0. The van der Waals surface area contributed by atoms with E-state index in [-0.39, 0.29) is 17.8 Å². The monoisotopic (exact) mass is 301 g/mol. The van der Waals surface area contributed by atoms with Crippen molar-refractivity contribution in [2.45, 2.75) is 32.9 Å². The Balaban J connectivity index is 1.94. The van der Waals surface area contributed by atoms with Gasteiger partial charge in [-0.3, -0.25) is 4.79 Å². The normalized spacial score (nSPS) is 13.3. The number of hydrogen-bond acceptors (Lipinski definition) is 2. The standard InChI is InChI=1S/C18H20FNO2/c1-12-5-4-6-17(11-12)22-14(3)18(21)20-13(2)15-7-9-16(19)10-8-15/h4-11,13-14H,1-3H3,(H,20,21)/t13-,14+/m0/s1. The summed E-state index contributed by atoms with van der Waals surface area (Å²) in [5.41, 5.74) is 1.92. The molecule has 0 saturated carbocycles. The molecule has 0 aliphatic rings. The van der Waals surface area contributed by atoms with Gasteiger partial charge in [-0.25, -0.2) is 4.39 Å². The summed E-state index contributed by atoms with van der Waals surface area (Å²) in [5, 5.41) is 2.86. The average molecular weight is 301 g/mol. The van der Waals surface area contributed by atoms with Gasteiger partial charge < -0.3 is 10.1 Å². The maximum Gasteiger partial charge on any atom is 0.261 e. The summed E-state index contributed by atoms with van der Waals surface area (Å²) in [6.07, 6.45) is -0.607. The van der Waals surface area contributed by atoms with Gasteiger partial charge in [0.15, 0.2) is 6.10 Å². The Morgan fingerprint density at radius 2 is 1.82 bits per heavy atom. The first-order valence-electron chi connectivity index (χ1n) is 7.25. The zero-order valence-corrected chi connectivity index (χ0v) is 13.0. The van der Waals surface area contributed by atoms with Crippen LogP contribution in [0.3, 0.4) is 0 Å². The molecule has 2 aromatic rings. The van der Waals surface area contributed by atoms with E-state index >= 15 is 0 Å². The highest BCUT2D eigenvalue weighted by Gasteiger charge is 2.17. The van der Waals surface area contributed by atoms with Crippen molar-refractivity contribution in [1.82, 2.24) is 5.32 Å². The van der Waals surface area contributed by atoms with Crippen molar-refractivity contribution in [2.24, 2.45) is 0 Å². The highest BCUT2D eigenvalue weighted by Crippen LogP contribution is 2.16. The third-order valence-corrected chi connectivity index (χ3v) is 3.40. The Hall–Kier alpha value is -2.36. The van der Waals surface area contributed by atoms with E-state index in [1.54, 1.807) is 19.1 Å². The molecule has 0 saturated heterocycles. The molecule has 1 N–H and O–H groups in total. The lowest BCUT2D eigenvalue weighted by Gasteiger charge is -2.19. The van der Waals surface area contributed by atoms with Gasteiger partial charge in [0.25, 0.3) is 5.91 Å². The fraction of sp³-hybridized carbons (Fsp3) is 0.278. The molecule has 1 amide bonds. The van der Waals surface area contributed by atoms with Crippen molar-refractivity contribution in [1.29, 1.82) is 0 Å². The summed E-state index contributed by atoms with van der Waals surface area (Å²) >= 11 is 0. The molecular weight excluding hydrogens is 281 g/mol. The quantitative estimate of drug-likeness (QED) is 0.912. The number of rotatable bonds is 5. The minimum Gasteiger partial charge on any atom is -0.481 e. The van der Waals surface area contributed by atoms with Crippen molar-refractivity contribution in [3.63, 3.8) is 0 Å². The van der Waals surface area contributed by atoms with E-state index in [1.165, 1.54) is 12.1 Å². The molecule has 0 radical (unpaired) electrons. The van der Waals surface area contributed by atoms with Crippen molar-refractivity contribution in [3.8, 4) is 5.75 Å². The van der Waals surface area contributed by atoms with Gasteiger partial charge in [0.1, 0.15) is 11.6 Å². The molecule has 0 aliphatic heterocycles. The van der Waals surface area contributed by atoms with Gasteiger partial charge in [-0.1, -0.05) is 24.3 Å². The highest BCUT2D eigenvalue weighted by molar-refractivity contribution is 5.81. The van der Waals surface area contributed by atoms with Crippen LogP contribution in [-0.2, 0) is 4.79 Å². The van der Waals surface area contributed by atoms with Crippen LogP contribution in [0.4, 0.5) is 4.39 Å². The second-order valence-electron chi connectivity index (χ2n) is 5.36. The first-order chi connectivity index (χ1) is 10.5. The van der Waals surface area contributed by atoms with Crippen molar-refractivity contribution >= 4 is 5.91 Å². The lowest BCUT2D eigenvalue weighted by Crippen LogP contribution is -2.37. The van der Waals surface area contributed by atoms with E-state index < -0.39 is 6.10 Å². The average Bonchev–Trinajstić information content (AvgIpc) is 2.47. The Morgan fingerprint density at radius 1 is 1.14 bits per heavy atom. The summed E-state index contributed by atoms with van der Waals surface area (Å²) in [6, 6.07) is 13.4. The summed E-state index contributed by atoms with van der Waals surface area (Å²) in [5.74, 6) is 0.161. The number of benzene rings is 2. The number of carbonyl (C=O) groups is 1. The van der Waals surface area contributed by atoms with Crippen LogP contribution in [0.5, 0.6) is 5.75 Å². The smallest absolute Gasteiger partial charge is 0.261 e. The lowest BCUT2D eigenvalue weighted by atomic mass is 10.1. The maximum absolute atomic E-state index is 12.9. The molecule has 2 aromatic carbocycles. The number of nitrogens with one attached hydrogen (secondary N) is 1. The molecule has 116 valence electrons. The number of amides is 1. The third kappa shape index (κ3) is 4.32. The highest BCUT2D eigenvalue weighted by atomic mass is 19.1. The Bertz CT molecular complexity index is 640. The van der Waals surface area contributed by atoms with Crippen molar-refractivity contribution in [2.75, 3.05) is 0 Å². The molecule has 0 aliphatic carbocycles. The van der Waals surface area contributed by atoms with E-state index in [0.29, 0.717) is 5.75 Å². The fourth-order valence-corrected chi connectivity index (χ4v) is 2.11. The molecule has 4 heteroatoms. The largest absolute Gasteiger partial charge is 0.481 e. The van der Waals surface area contributed by atoms with Crippen LogP contribution < -0.4 is 10.1 Å². The minimum absolute atomic E-state index is 0.210. The fourth-order valence-electron chi connectivity index (χ4n) is 2.11. The third-order valence-electron chi connectivity index (χ3n) is 3.40. The molecule has 0 aromatic heterocycles. The molecule has 0 spiro atoms. The molecule has 0 fully saturated rings. The van der Waals surface area contributed by atoms with Gasteiger partial charge in [-0.15, -0.1) is 0 Å². The van der Waals surface area contributed by atoms with Crippen LogP contribution in [0.1, 0.15) is 31.0 Å². The zero-order chi connectivity index (χ0) is 16.1. The minimum atomic E-state index is -0.607. The molecule has 3 nitrogen and oxygen atoms in total. The number of ether oxygens (including phenoxy) is 1. The van der Waals surface area contributed by atoms with E-state index in [0.717, 1.165) is 11.1 Å². The number of aryl methyl sites for hydroxylation is 1. The number of halogens is 1. The molecule has 2 rings (SSSR count). The SMILES string of the molecule is Cc1cccc(O[C@H](C)C(=O)N[C@@H](C)c2ccc(F)cc2)c1. The van der Waals surface area contributed by atoms with Gasteiger partial charge in [0, 0.05) is 0 Å². The second-order valence-corrected chi connectivity index (χ2v) is 5.36. The topological polar surface area (TPSA) is 38.3 Å². The predicted octanol–water partition coefficient (Wildman–Crippen LogP) is 3.78. The Labute approximate surface area is 130 Å². The van der Waals surface area contributed by atoms with Crippen molar-refractivity contribution < 1.29 is 13.9 Å². The molecule has 22 heavy (non-hydrogen) atoms. The molecular formula is C18H20FNO2. The van der Waals surface area contributed by atoms with Crippen LogP contribution in [-0.4, -0.2) is 12.0 Å². The molecule has 0 heterocycles. The second kappa shape index (κ2) is 7.07. The summed E-state index contributed by atoms with van der Waals surface area (Å²) in [4.78, 5) is 12.2. The van der Waals surface area contributed by atoms with E-state index in [2.05, 4.69) is 5.32 Å². The van der Waals surface area contributed by atoms with E-state index in [1.807, 2.05) is 38.1 Å². The summed E-state index contributed by atoms with van der Waals surface area (Å²) in [7, 11) is 0. The molecule has 0 unspecified atom stereocenters. The van der Waals surface area contributed by atoms with E-state index in [9.17, 15) is 9.18 Å². The number of carbonyl (C=O) groups excluding carboxylic acids is 1. The van der Waals surface area contributed by atoms with Crippen LogP contribution in [0, 0.1) is 12.7 Å². The van der Waals surface area contributed by atoms with Crippen molar-refractivity contribution in [3.05, 3.63) is 65.5 Å². The summed E-state index contributed by atoms with van der Waals surface area (Å²) in [6.45, 7) is 5.52. The van der Waals surface area contributed by atoms with Crippen LogP contribution in [0.25, 0.3) is 0 Å². The first-order valence-corrected chi connectivity index (χ1v) is 7.25. The predicted molar refractivity (Wildman–Crippen MR) is 84.2 cm³/mol. The van der Waals surface area contributed by atoms with E-state index in [4.69, 9.17) is 4.74 Å². The Morgan fingerprint density at radius 3 is 2.45 bits per heavy atom.